The molecule has 2 rings (SSSR count). The van der Waals surface area contributed by atoms with Gasteiger partial charge >= 0.3 is 0 Å². The Morgan fingerprint density at radius 2 is 2.40 bits per heavy atom. The van der Waals surface area contributed by atoms with Crippen LogP contribution in [0.3, 0.4) is 0 Å². The SMILES string of the molecule is CCCNc1cc(CN2CCCC2C(=O)NC)ccn1. The van der Waals surface area contributed by atoms with Crippen LogP contribution in [0.25, 0.3) is 0 Å². The maximum absolute atomic E-state index is 11.8. The van der Waals surface area contributed by atoms with Crippen LogP contribution in [0, 0.1) is 0 Å². The van der Waals surface area contributed by atoms with E-state index in [2.05, 4.69) is 33.5 Å². The third kappa shape index (κ3) is 3.70. The molecule has 2 N–H and O–H groups in total. The topological polar surface area (TPSA) is 57.3 Å². The molecule has 1 amide bonds. The van der Waals surface area contributed by atoms with Crippen molar-refractivity contribution >= 4 is 11.7 Å². The van der Waals surface area contributed by atoms with Crippen LogP contribution in [0.2, 0.25) is 0 Å². The minimum atomic E-state index is 0.0141. The Bertz CT molecular complexity index is 449. The lowest BCUT2D eigenvalue weighted by Crippen LogP contribution is -2.41. The number of anilines is 1. The fourth-order valence-corrected chi connectivity index (χ4v) is 2.64. The number of rotatable bonds is 6. The third-order valence-corrected chi connectivity index (χ3v) is 3.68. The highest BCUT2D eigenvalue weighted by molar-refractivity contribution is 5.81. The van der Waals surface area contributed by atoms with Gasteiger partial charge in [0.1, 0.15) is 5.82 Å². The number of carbonyl (C=O) groups excluding carboxylic acids is 1. The van der Waals surface area contributed by atoms with Gasteiger partial charge in [-0.05, 0) is 43.5 Å². The van der Waals surface area contributed by atoms with Crippen molar-refractivity contribution in [3.63, 3.8) is 0 Å². The van der Waals surface area contributed by atoms with Gasteiger partial charge in [0, 0.05) is 26.3 Å². The molecule has 5 nitrogen and oxygen atoms in total. The Morgan fingerprint density at radius 1 is 1.55 bits per heavy atom. The van der Waals surface area contributed by atoms with Crippen LogP contribution < -0.4 is 10.6 Å². The van der Waals surface area contributed by atoms with E-state index in [9.17, 15) is 4.79 Å². The Morgan fingerprint density at radius 3 is 3.15 bits per heavy atom. The number of nitrogens with one attached hydrogen (secondary N) is 2. The molecule has 0 bridgehead atoms. The zero-order valence-corrected chi connectivity index (χ0v) is 12.4. The highest BCUT2D eigenvalue weighted by Gasteiger charge is 2.29. The van der Waals surface area contributed by atoms with E-state index < -0.39 is 0 Å². The molecule has 1 aliphatic rings. The van der Waals surface area contributed by atoms with Gasteiger partial charge < -0.3 is 10.6 Å². The zero-order chi connectivity index (χ0) is 14.4. The standard InChI is InChI=1S/C15H24N4O/c1-3-7-17-14-10-12(6-8-18-14)11-19-9-4-5-13(19)15(20)16-2/h6,8,10,13H,3-5,7,9,11H2,1-2H3,(H,16,20)(H,17,18). The summed E-state index contributed by atoms with van der Waals surface area (Å²) >= 11 is 0. The van der Waals surface area contributed by atoms with Gasteiger partial charge in [-0.3, -0.25) is 9.69 Å². The molecule has 1 aromatic rings. The van der Waals surface area contributed by atoms with Crippen LogP contribution in [0.1, 0.15) is 31.7 Å². The second kappa shape index (κ2) is 7.24. The van der Waals surface area contributed by atoms with E-state index in [-0.39, 0.29) is 11.9 Å². The van der Waals surface area contributed by atoms with E-state index in [0.29, 0.717) is 0 Å². The van der Waals surface area contributed by atoms with Crippen molar-refractivity contribution in [3.8, 4) is 0 Å². The Kier molecular flexibility index (Phi) is 5.35. The molecule has 5 heteroatoms. The van der Waals surface area contributed by atoms with Crippen molar-refractivity contribution in [3.05, 3.63) is 23.9 Å². The number of hydrogen-bond acceptors (Lipinski definition) is 4. The number of nitrogens with zero attached hydrogens (tertiary/aromatic N) is 2. The van der Waals surface area contributed by atoms with Crippen LogP contribution in [0.4, 0.5) is 5.82 Å². The van der Waals surface area contributed by atoms with E-state index in [0.717, 1.165) is 44.7 Å². The molecule has 0 saturated carbocycles. The predicted molar refractivity (Wildman–Crippen MR) is 80.5 cm³/mol. The van der Waals surface area contributed by atoms with E-state index in [1.54, 1.807) is 7.05 Å². The zero-order valence-electron chi connectivity index (χ0n) is 12.4. The first kappa shape index (κ1) is 14.8. The minimum absolute atomic E-state index is 0.0141. The molecule has 1 aromatic heterocycles. The van der Waals surface area contributed by atoms with Crippen molar-refractivity contribution in [2.75, 3.05) is 25.5 Å². The van der Waals surface area contributed by atoms with E-state index in [1.165, 1.54) is 5.56 Å². The molecule has 0 aromatic carbocycles. The molecule has 2 heterocycles. The molecule has 20 heavy (non-hydrogen) atoms. The van der Waals surface area contributed by atoms with E-state index in [1.807, 2.05) is 12.3 Å². The van der Waals surface area contributed by atoms with Gasteiger partial charge in [-0.25, -0.2) is 4.98 Å². The maximum Gasteiger partial charge on any atom is 0.237 e. The Balaban J connectivity index is 2.00. The average molecular weight is 276 g/mol. The maximum atomic E-state index is 11.8. The lowest BCUT2D eigenvalue weighted by molar-refractivity contribution is -0.125. The van der Waals surface area contributed by atoms with Gasteiger partial charge in [-0.1, -0.05) is 6.92 Å². The van der Waals surface area contributed by atoms with Crippen molar-refractivity contribution in [2.24, 2.45) is 0 Å². The van der Waals surface area contributed by atoms with Crippen LogP contribution in [-0.2, 0) is 11.3 Å². The molecule has 1 atom stereocenters. The number of pyridine rings is 1. The number of hydrogen-bond donors (Lipinski definition) is 2. The number of aromatic nitrogens is 1. The van der Waals surface area contributed by atoms with Crippen LogP contribution in [0.15, 0.2) is 18.3 Å². The summed E-state index contributed by atoms with van der Waals surface area (Å²) in [4.78, 5) is 18.4. The summed E-state index contributed by atoms with van der Waals surface area (Å²) in [7, 11) is 1.71. The summed E-state index contributed by atoms with van der Waals surface area (Å²) in [6.07, 6.45) is 4.95. The summed E-state index contributed by atoms with van der Waals surface area (Å²) in [5.41, 5.74) is 1.20. The number of likely N-dealkylation sites (N-methyl/N-ethyl adjacent to an activating group) is 1. The van der Waals surface area contributed by atoms with E-state index in [4.69, 9.17) is 0 Å². The quantitative estimate of drug-likeness (QED) is 0.829. The number of likely N-dealkylation sites (tertiary alicyclic amines) is 1. The predicted octanol–water partition coefficient (Wildman–Crippen LogP) is 1.61. The molecule has 0 spiro atoms. The van der Waals surface area contributed by atoms with E-state index >= 15 is 0 Å². The molecule has 110 valence electrons. The number of carbonyl (C=O) groups is 1. The molecule has 1 fully saturated rings. The summed E-state index contributed by atoms with van der Waals surface area (Å²) in [5, 5.41) is 6.05. The highest BCUT2D eigenvalue weighted by Crippen LogP contribution is 2.20. The Labute approximate surface area is 120 Å². The lowest BCUT2D eigenvalue weighted by Gasteiger charge is -2.23. The molecule has 1 aliphatic heterocycles. The van der Waals surface area contributed by atoms with Gasteiger partial charge in [-0.2, -0.15) is 0 Å². The fourth-order valence-electron chi connectivity index (χ4n) is 2.64. The number of amides is 1. The van der Waals surface area contributed by atoms with Crippen molar-refractivity contribution < 1.29 is 4.79 Å². The molecule has 1 unspecified atom stereocenters. The summed E-state index contributed by atoms with van der Waals surface area (Å²) < 4.78 is 0. The molecular weight excluding hydrogens is 252 g/mol. The summed E-state index contributed by atoms with van der Waals surface area (Å²) in [5.74, 6) is 1.04. The highest BCUT2D eigenvalue weighted by atomic mass is 16.2. The monoisotopic (exact) mass is 276 g/mol. The summed E-state index contributed by atoms with van der Waals surface area (Å²) in [6.45, 7) is 4.86. The second-order valence-electron chi connectivity index (χ2n) is 5.22. The smallest absolute Gasteiger partial charge is 0.237 e. The van der Waals surface area contributed by atoms with Gasteiger partial charge in [0.05, 0.1) is 6.04 Å². The molecule has 0 radical (unpaired) electrons. The van der Waals surface area contributed by atoms with Gasteiger partial charge in [0.2, 0.25) is 5.91 Å². The molecule has 0 aliphatic carbocycles. The van der Waals surface area contributed by atoms with Crippen molar-refractivity contribution in [1.82, 2.24) is 15.2 Å². The largest absolute Gasteiger partial charge is 0.370 e. The fraction of sp³-hybridized carbons (Fsp3) is 0.600. The van der Waals surface area contributed by atoms with Crippen LogP contribution >= 0.6 is 0 Å². The Hall–Kier alpha value is -1.62. The first-order valence-corrected chi connectivity index (χ1v) is 7.39. The molecular formula is C15H24N4O. The summed E-state index contributed by atoms with van der Waals surface area (Å²) in [6, 6.07) is 4.12. The van der Waals surface area contributed by atoms with Crippen LogP contribution in [0.5, 0.6) is 0 Å². The lowest BCUT2D eigenvalue weighted by atomic mass is 10.2. The van der Waals surface area contributed by atoms with Crippen LogP contribution in [-0.4, -0.2) is 42.0 Å². The minimum Gasteiger partial charge on any atom is -0.370 e. The normalized spacial score (nSPS) is 19.0. The molecule has 1 saturated heterocycles. The second-order valence-corrected chi connectivity index (χ2v) is 5.22. The average Bonchev–Trinajstić information content (AvgIpc) is 2.93. The first-order valence-electron chi connectivity index (χ1n) is 7.39. The van der Waals surface area contributed by atoms with Crippen molar-refractivity contribution in [2.45, 2.75) is 38.8 Å². The third-order valence-electron chi connectivity index (χ3n) is 3.68. The van der Waals surface area contributed by atoms with Crippen molar-refractivity contribution in [1.29, 1.82) is 0 Å². The van der Waals surface area contributed by atoms with Gasteiger partial charge in [0.15, 0.2) is 0 Å². The van der Waals surface area contributed by atoms with Gasteiger partial charge in [-0.15, -0.1) is 0 Å². The van der Waals surface area contributed by atoms with Gasteiger partial charge in [0.25, 0.3) is 0 Å². The first-order chi connectivity index (χ1) is 9.74.